The first-order valence-corrected chi connectivity index (χ1v) is 20.7. The Morgan fingerprint density at radius 2 is 1.20 bits per heavy atom. The zero-order valence-electron chi connectivity index (χ0n) is 35.8. The second-order valence-corrected chi connectivity index (χ2v) is 17.7. The van der Waals surface area contributed by atoms with Crippen LogP contribution in [0.15, 0.2) is 127 Å². The Morgan fingerprint density at radius 1 is 0.738 bits per heavy atom. The molecule has 7 rings (SSSR count). The van der Waals surface area contributed by atoms with Crippen LogP contribution >= 0.6 is 0 Å². The number of aliphatic hydroxyl groups is 1. The summed E-state index contributed by atoms with van der Waals surface area (Å²) in [6, 6.07) is 33.2. The Bertz CT molecular complexity index is 2360. The monoisotopic (exact) mass is 829 g/mol. The average Bonchev–Trinajstić information content (AvgIpc) is 3.83. The fraction of sp³-hybridized carbons (Fsp3) is 0.375. The maximum absolute atomic E-state index is 13.9. The standard InChI is InChI=1S/C24H29FN6O.C24H28FN3O/c1-24(2,3)22(27-13-20(32)14-28-30-26)23-29-21(18-10-7-11-19(25)12-18)16-31(23)15-17-8-5-4-6-9-17;1-24(2,3)22(26-13-20-16-29-20)23-27-21(18-10-7-11-19(25)12-18)15-28(23)14-17-8-5-4-6-9-17/h4-12,16,20,22,27,32H,13-15H2,1-3H3;4-12,15,20,22,26H,13-14,16H2,1-3H3/t2*20-,22-/m00/s1. The lowest BCUT2D eigenvalue weighted by Gasteiger charge is -2.32. The third-order valence-electron chi connectivity index (χ3n) is 10.4. The highest BCUT2D eigenvalue weighted by molar-refractivity contribution is 5.59. The molecular formula is C48H57F2N9O2. The Balaban J connectivity index is 0.000000205. The number of nitrogens with one attached hydrogen (secondary N) is 2. The number of aliphatic hydroxyl groups excluding tert-OH is 1. The highest BCUT2D eigenvalue weighted by atomic mass is 19.1. The van der Waals surface area contributed by atoms with Gasteiger partial charge in [0.1, 0.15) is 23.3 Å². The van der Waals surface area contributed by atoms with Gasteiger partial charge in [-0.3, -0.25) is 0 Å². The molecule has 0 aliphatic carbocycles. The lowest BCUT2D eigenvalue weighted by atomic mass is 9.86. The van der Waals surface area contributed by atoms with Crippen molar-refractivity contribution in [1.82, 2.24) is 29.7 Å². The van der Waals surface area contributed by atoms with Crippen molar-refractivity contribution in [2.45, 2.75) is 78.9 Å². The van der Waals surface area contributed by atoms with E-state index in [9.17, 15) is 13.9 Å². The zero-order valence-corrected chi connectivity index (χ0v) is 35.8. The topological polar surface area (TPSA) is 141 Å². The Labute approximate surface area is 357 Å². The smallest absolute Gasteiger partial charge is 0.127 e. The van der Waals surface area contributed by atoms with E-state index >= 15 is 0 Å². The summed E-state index contributed by atoms with van der Waals surface area (Å²) in [6.45, 7) is 16.1. The van der Waals surface area contributed by atoms with Crippen LogP contribution < -0.4 is 10.6 Å². The number of rotatable bonds is 16. The molecule has 3 N–H and O–H groups in total. The molecule has 4 atom stereocenters. The molecule has 61 heavy (non-hydrogen) atoms. The number of imidazole rings is 2. The van der Waals surface area contributed by atoms with E-state index in [4.69, 9.17) is 20.2 Å². The van der Waals surface area contributed by atoms with E-state index in [0.29, 0.717) is 30.5 Å². The summed E-state index contributed by atoms with van der Waals surface area (Å²) in [6.07, 6.45) is 3.45. The van der Waals surface area contributed by atoms with Crippen molar-refractivity contribution >= 4 is 0 Å². The molecular weight excluding hydrogens is 773 g/mol. The predicted octanol–water partition coefficient (Wildman–Crippen LogP) is 9.90. The maximum Gasteiger partial charge on any atom is 0.127 e. The maximum atomic E-state index is 13.9. The number of hydrogen-bond donors (Lipinski definition) is 3. The van der Waals surface area contributed by atoms with Gasteiger partial charge >= 0.3 is 0 Å². The highest BCUT2D eigenvalue weighted by Crippen LogP contribution is 2.36. The second-order valence-electron chi connectivity index (χ2n) is 17.7. The van der Waals surface area contributed by atoms with Gasteiger partial charge in [-0.15, -0.1) is 0 Å². The molecule has 0 radical (unpaired) electrons. The highest BCUT2D eigenvalue weighted by Gasteiger charge is 2.34. The van der Waals surface area contributed by atoms with Crippen molar-refractivity contribution in [1.29, 1.82) is 0 Å². The molecule has 1 aliphatic heterocycles. The number of benzene rings is 4. The fourth-order valence-electron chi connectivity index (χ4n) is 7.16. The van der Waals surface area contributed by atoms with Crippen LogP contribution in [0.25, 0.3) is 33.0 Å². The van der Waals surface area contributed by atoms with Gasteiger partial charge in [-0.2, -0.15) is 0 Å². The summed E-state index contributed by atoms with van der Waals surface area (Å²) < 4.78 is 37.3. The van der Waals surface area contributed by atoms with Crippen LogP contribution in [0.2, 0.25) is 0 Å². The fourth-order valence-corrected chi connectivity index (χ4v) is 7.16. The summed E-state index contributed by atoms with van der Waals surface area (Å²) in [7, 11) is 0. The molecule has 0 amide bonds. The lowest BCUT2D eigenvalue weighted by molar-refractivity contribution is 0.156. The molecule has 4 aromatic carbocycles. The van der Waals surface area contributed by atoms with Gasteiger partial charge in [-0.1, -0.05) is 132 Å². The number of ether oxygens (including phenoxy) is 1. The molecule has 1 saturated heterocycles. The number of aromatic nitrogens is 4. The van der Waals surface area contributed by atoms with Crippen molar-refractivity contribution < 1.29 is 18.6 Å². The van der Waals surface area contributed by atoms with Gasteiger partial charge in [0.05, 0.1) is 48.8 Å². The molecule has 1 aliphatic rings. The Morgan fingerprint density at radius 3 is 1.61 bits per heavy atom. The van der Waals surface area contributed by atoms with E-state index in [0.717, 1.165) is 41.6 Å². The summed E-state index contributed by atoms with van der Waals surface area (Å²) in [5, 5.41) is 20.7. The molecule has 3 heterocycles. The van der Waals surface area contributed by atoms with Crippen molar-refractivity contribution in [3.63, 3.8) is 0 Å². The number of nitrogens with zero attached hydrogens (tertiary/aromatic N) is 7. The van der Waals surface area contributed by atoms with Crippen molar-refractivity contribution in [2.24, 2.45) is 15.9 Å². The third kappa shape index (κ3) is 12.9. The largest absolute Gasteiger partial charge is 0.392 e. The van der Waals surface area contributed by atoms with E-state index in [1.807, 2.05) is 60.9 Å². The molecule has 11 nitrogen and oxygen atoms in total. The van der Waals surface area contributed by atoms with Crippen LogP contribution in [0.1, 0.15) is 76.4 Å². The normalized spacial score (nSPS) is 15.3. The quantitative estimate of drug-likeness (QED) is 0.0384. The van der Waals surface area contributed by atoms with E-state index in [-0.39, 0.29) is 47.6 Å². The van der Waals surface area contributed by atoms with E-state index in [1.165, 1.54) is 29.8 Å². The molecule has 13 heteroatoms. The molecule has 320 valence electrons. The van der Waals surface area contributed by atoms with E-state index in [2.05, 4.69) is 95.6 Å². The first-order valence-electron chi connectivity index (χ1n) is 20.7. The minimum Gasteiger partial charge on any atom is -0.392 e. The van der Waals surface area contributed by atoms with Gasteiger partial charge in [0.25, 0.3) is 0 Å². The average molecular weight is 830 g/mol. The predicted molar refractivity (Wildman–Crippen MR) is 236 cm³/mol. The Kier molecular flexibility index (Phi) is 14.9. The van der Waals surface area contributed by atoms with Gasteiger partial charge in [-0.05, 0) is 51.8 Å². The minimum absolute atomic E-state index is 0.00659. The van der Waals surface area contributed by atoms with Crippen LogP contribution in [-0.4, -0.2) is 62.7 Å². The SMILES string of the molecule is CC(C)(C)[C@@H](NC[C@H](O)CN=[N+]=[N-])c1nc(-c2cccc(F)c2)cn1Cc1ccccc1.CC(C)(C)[C@@H](NC[C@H]1CO1)c1nc(-c2cccc(F)c2)cn1Cc1ccccc1. The van der Waals surface area contributed by atoms with Crippen LogP contribution in [0.4, 0.5) is 8.78 Å². The van der Waals surface area contributed by atoms with Crippen molar-refractivity contribution in [3.8, 4) is 22.5 Å². The van der Waals surface area contributed by atoms with Gasteiger partial charge in [0.2, 0.25) is 0 Å². The summed E-state index contributed by atoms with van der Waals surface area (Å²) in [4.78, 5) is 12.6. The molecule has 2 aromatic heterocycles. The summed E-state index contributed by atoms with van der Waals surface area (Å²) in [5.74, 6) is 1.18. The lowest BCUT2D eigenvalue weighted by Crippen LogP contribution is -2.39. The van der Waals surface area contributed by atoms with Gasteiger partial charge in [-0.25, -0.2) is 18.7 Å². The molecule has 0 spiro atoms. The van der Waals surface area contributed by atoms with Crippen LogP contribution in [0, 0.1) is 22.5 Å². The molecule has 0 bridgehead atoms. The van der Waals surface area contributed by atoms with Crippen molar-refractivity contribution in [2.75, 3.05) is 26.2 Å². The second kappa shape index (κ2) is 20.2. The number of halogens is 2. The Hall–Kier alpha value is -5.69. The summed E-state index contributed by atoms with van der Waals surface area (Å²) >= 11 is 0. The third-order valence-corrected chi connectivity index (χ3v) is 10.4. The molecule has 1 fully saturated rings. The van der Waals surface area contributed by atoms with E-state index < -0.39 is 6.10 Å². The minimum atomic E-state index is -0.809. The molecule has 0 saturated carbocycles. The molecule has 0 unspecified atom stereocenters. The van der Waals surface area contributed by atoms with Crippen LogP contribution in [0.5, 0.6) is 0 Å². The van der Waals surface area contributed by atoms with Gasteiger partial charge in [0, 0.05) is 54.6 Å². The van der Waals surface area contributed by atoms with Crippen LogP contribution in [0.3, 0.4) is 0 Å². The van der Waals surface area contributed by atoms with Gasteiger partial charge < -0.3 is 29.6 Å². The first-order chi connectivity index (χ1) is 29.2. The zero-order chi connectivity index (χ0) is 43.6. The molecule has 6 aromatic rings. The van der Waals surface area contributed by atoms with Gasteiger partial charge in [0.15, 0.2) is 0 Å². The van der Waals surface area contributed by atoms with E-state index in [1.54, 1.807) is 12.1 Å². The number of hydrogen-bond acceptors (Lipinski definition) is 7. The number of epoxide rings is 1. The first kappa shape index (κ1) is 44.9. The van der Waals surface area contributed by atoms with Crippen molar-refractivity contribution in [3.05, 3.63) is 166 Å². The van der Waals surface area contributed by atoms with Crippen LogP contribution in [-0.2, 0) is 17.8 Å². The summed E-state index contributed by atoms with van der Waals surface area (Å²) in [5.41, 5.74) is 13.5. The number of azide groups is 1.